The molecule has 4 heteroatoms. The molecule has 0 aromatic rings. The maximum atomic E-state index is 10.9. The highest BCUT2D eigenvalue weighted by molar-refractivity contribution is 5.87. The third-order valence-corrected chi connectivity index (χ3v) is 1.52. The Bertz CT molecular complexity index is 187. The van der Waals surface area contributed by atoms with Gasteiger partial charge in [0.25, 0.3) is 0 Å². The third-order valence-electron chi connectivity index (χ3n) is 1.52. The highest BCUT2D eigenvalue weighted by atomic mass is 16.6. The van der Waals surface area contributed by atoms with Gasteiger partial charge < -0.3 is 9.47 Å². The summed E-state index contributed by atoms with van der Waals surface area (Å²) in [4.78, 5) is 21.7. The predicted octanol–water partition coefficient (Wildman–Crippen LogP) is 0.254. The highest BCUT2D eigenvalue weighted by Gasteiger charge is 2.33. The minimum atomic E-state index is -0.745. The van der Waals surface area contributed by atoms with Gasteiger partial charge >= 0.3 is 11.9 Å². The van der Waals surface area contributed by atoms with Crippen LogP contribution in [0.4, 0.5) is 0 Å². The SMILES string of the molecule is CC[C@H]1OC(=O)[C@@H](C)OC1=O. The summed E-state index contributed by atoms with van der Waals surface area (Å²) in [6, 6.07) is 0. The van der Waals surface area contributed by atoms with Gasteiger partial charge in [-0.2, -0.15) is 0 Å². The number of cyclic esters (lactones) is 2. The first-order chi connectivity index (χ1) is 5.15. The van der Waals surface area contributed by atoms with Crippen molar-refractivity contribution in [3.05, 3.63) is 0 Å². The Labute approximate surface area is 64.5 Å². The first kappa shape index (κ1) is 8.04. The number of rotatable bonds is 1. The molecule has 1 heterocycles. The molecule has 1 fully saturated rings. The highest BCUT2D eigenvalue weighted by Crippen LogP contribution is 2.11. The van der Waals surface area contributed by atoms with Gasteiger partial charge in [-0.15, -0.1) is 0 Å². The molecule has 0 aromatic carbocycles. The van der Waals surface area contributed by atoms with Crippen LogP contribution in [0.1, 0.15) is 20.3 Å². The first-order valence-corrected chi connectivity index (χ1v) is 3.56. The molecule has 1 aliphatic heterocycles. The lowest BCUT2D eigenvalue weighted by Crippen LogP contribution is -2.42. The van der Waals surface area contributed by atoms with Gasteiger partial charge in [0.05, 0.1) is 0 Å². The summed E-state index contributed by atoms with van der Waals surface area (Å²) in [5, 5.41) is 0. The molecule has 0 spiro atoms. The minimum absolute atomic E-state index is 0.445. The van der Waals surface area contributed by atoms with Crippen molar-refractivity contribution >= 4 is 11.9 Å². The molecule has 0 saturated carbocycles. The van der Waals surface area contributed by atoms with E-state index in [9.17, 15) is 9.59 Å². The van der Waals surface area contributed by atoms with E-state index in [0.29, 0.717) is 6.42 Å². The van der Waals surface area contributed by atoms with Gasteiger partial charge in [0.1, 0.15) is 0 Å². The van der Waals surface area contributed by atoms with Crippen molar-refractivity contribution < 1.29 is 19.1 Å². The van der Waals surface area contributed by atoms with Crippen LogP contribution in [0.2, 0.25) is 0 Å². The van der Waals surface area contributed by atoms with E-state index in [1.807, 2.05) is 0 Å². The molecule has 0 N–H and O–H groups in total. The third kappa shape index (κ3) is 1.50. The van der Waals surface area contributed by atoms with Crippen LogP contribution < -0.4 is 0 Å². The fourth-order valence-electron chi connectivity index (χ4n) is 0.832. The molecule has 11 heavy (non-hydrogen) atoms. The van der Waals surface area contributed by atoms with E-state index >= 15 is 0 Å². The van der Waals surface area contributed by atoms with E-state index in [-0.39, 0.29) is 0 Å². The quantitative estimate of drug-likeness (QED) is 0.513. The number of esters is 2. The average Bonchev–Trinajstić information content (AvgIpc) is 1.97. The smallest absolute Gasteiger partial charge is 0.348 e. The van der Waals surface area contributed by atoms with E-state index in [0.717, 1.165) is 0 Å². The van der Waals surface area contributed by atoms with E-state index in [2.05, 4.69) is 4.74 Å². The van der Waals surface area contributed by atoms with Crippen LogP contribution in [-0.2, 0) is 19.1 Å². The zero-order chi connectivity index (χ0) is 8.43. The molecule has 0 aliphatic carbocycles. The van der Waals surface area contributed by atoms with Crippen LogP contribution in [0.3, 0.4) is 0 Å². The lowest BCUT2D eigenvalue weighted by Gasteiger charge is -2.24. The molecule has 0 bridgehead atoms. The molecule has 1 aliphatic rings. The Morgan fingerprint density at radius 3 is 2.45 bits per heavy atom. The van der Waals surface area contributed by atoms with Crippen molar-refractivity contribution in [2.45, 2.75) is 32.5 Å². The van der Waals surface area contributed by atoms with Gasteiger partial charge in [-0.1, -0.05) is 6.92 Å². The van der Waals surface area contributed by atoms with Crippen molar-refractivity contribution in [2.24, 2.45) is 0 Å². The van der Waals surface area contributed by atoms with E-state index in [1.54, 1.807) is 6.92 Å². The van der Waals surface area contributed by atoms with Crippen molar-refractivity contribution in [3.8, 4) is 0 Å². The summed E-state index contributed by atoms with van der Waals surface area (Å²) in [6.45, 7) is 3.25. The lowest BCUT2D eigenvalue weighted by atomic mass is 10.2. The van der Waals surface area contributed by atoms with Crippen molar-refractivity contribution in [1.82, 2.24) is 0 Å². The van der Waals surface area contributed by atoms with Crippen LogP contribution in [0, 0.1) is 0 Å². The van der Waals surface area contributed by atoms with E-state index in [1.165, 1.54) is 6.92 Å². The largest absolute Gasteiger partial charge is 0.448 e. The lowest BCUT2D eigenvalue weighted by molar-refractivity contribution is -0.193. The molecule has 0 aromatic heterocycles. The molecular formula is C7H10O4. The van der Waals surface area contributed by atoms with E-state index in [4.69, 9.17) is 4.74 Å². The molecule has 2 atom stereocenters. The van der Waals surface area contributed by atoms with Gasteiger partial charge in [0.15, 0.2) is 12.2 Å². The molecule has 1 saturated heterocycles. The Kier molecular flexibility index (Phi) is 2.12. The van der Waals surface area contributed by atoms with Crippen molar-refractivity contribution in [2.75, 3.05) is 0 Å². The maximum absolute atomic E-state index is 10.9. The monoisotopic (exact) mass is 158 g/mol. The topological polar surface area (TPSA) is 52.6 Å². The summed E-state index contributed by atoms with van der Waals surface area (Å²) < 4.78 is 9.43. The summed E-state index contributed by atoms with van der Waals surface area (Å²) in [5.74, 6) is -0.906. The summed E-state index contributed by atoms with van der Waals surface area (Å²) >= 11 is 0. The number of ether oxygens (including phenoxy) is 2. The predicted molar refractivity (Wildman–Crippen MR) is 35.7 cm³/mol. The van der Waals surface area contributed by atoms with Crippen molar-refractivity contribution in [3.63, 3.8) is 0 Å². The zero-order valence-corrected chi connectivity index (χ0v) is 6.49. The summed E-state index contributed by atoms with van der Waals surface area (Å²) in [6.07, 6.45) is -0.971. The van der Waals surface area contributed by atoms with Gasteiger partial charge in [0.2, 0.25) is 0 Å². The van der Waals surface area contributed by atoms with Gasteiger partial charge in [0, 0.05) is 0 Å². The van der Waals surface area contributed by atoms with Crippen LogP contribution in [-0.4, -0.2) is 24.1 Å². The maximum Gasteiger partial charge on any atom is 0.348 e. The second kappa shape index (κ2) is 2.90. The van der Waals surface area contributed by atoms with Crippen LogP contribution in [0.15, 0.2) is 0 Å². The number of hydrogen-bond donors (Lipinski definition) is 0. The Morgan fingerprint density at radius 1 is 1.27 bits per heavy atom. The molecular weight excluding hydrogens is 148 g/mol. The molecule has 4 nitrogen and oxygen atoms in total. The summed E-state index contributed by atoms with van der Waals surface area (Å²) in [7, 11) is 0. The number of hydrogen-bond acceptors (Lipinski definition) is 4. The zero-order valence-electron chi connectivity index (χ0n) is 6.49. The van der Waals surface area contributed by atoms with Crippen LogP contribution >= 0.6 is 0 Å². The molecule has 0 radical (unpaired) electrons. The second-order valence-electron chi connectivity index (χ2n) is 2.41. The number of carbonyl (C=O) groups excluding carboxylic acids is 2. The Balaban J connectivity index is 2.62. The molecule has 62 valence electrons. The van der Waals surface area contributed by atoms with Gasteiger partial charge in [-0.3, -0.25) is 0 Å². The Hall–Kier alpha value is -1.06. The summed E-state index contributed by atoms with van der Waals surface area (Å²) in [5.41, 5.74) is 0. The molecule has 0 unspecified atom stereocenters. The van der Waals surface area contributed by atoms with Crippen molar-refractivity contribution in [1.29, 1.82) is 0 Å². The molecule has 1 rings (SSSR count). The van der Waals surface area contributed by atoms with Gasteiger partial charge in [-0.05, 0) is 13.3 Å². The van der Waals surface area contributed by atoms with Crippen LogP contribution in [0.25, 0.3) is 0 Å². The fourth-order valence-corrected chi connectivity index (χ4v) is 0.832. The number of carbonyl (C=O) groups is 2. The fraction of sp³-hybridized carbons (Fsp3) is 0.714. The standard InChI is InChI=1S/C7H10O4/c1-3-5-7(9)10-4(2)6(8)11-5/h4-5H,3H2,1-2H3/t4-,5-/m1/s1. The average molecular weight is 158 g/mol. The molecule has 0 amide bonds. The Morgan fingerprint density at radius 2 is 1.91 bits per heavy atom. The minimum Gasteiger partial charge on any atom is -0.448 e. The van der Waals surface area contributed by atoms with Gasteiger partial charge in [-0.25, -0.2) is 9.59 Å². The van der Waals surface area contributed by atoms with Crippen LogP contribution in [0.5, 0.6) is 0 Å². The normalized spacial score (nSPS) is 31.1. The van der Waals surface area contributed by atoms with E-state index < -0.39 is 24.1 Å². The second-order valence-corrected chi connectivity index (χ2v) is 2.41. The first-order valence-electron chi connectivity index (χ1n) is 3.56.